The summed E-state index contributed by atoms with van der Waals surface area (Å²) in [6.07, 6.45) is 4.15. The Kier molecular flexibility index (Phi) is 9.45. The van der Waals surface area contributed by atoms with Gasteiger partial charge in [0.1, 0.15) is 5.82 Å². The predicted molar refractivity (Wildman–Crippen MR) is 179 cm³/mol. The van der Waals surface area contributed by atoms with Gasteiger partial charge in [0.15, 0.2) is 0 Å². The Morgan fingerprint density at radius 3 is 2.43 bits per heavy atom. The van der Waals surface area contributed by atoms with Gasteiger partial charge >= 0.3 is 12.2 Å². The molecule has 1 aromatic carbocycles. The van der Waals surface area contributed by atoms with Crippen LogP contribution in [-0.4, -0.2) is 82.8 Å². The number of carbonyl (C=O) groups is 2. The third-order valence-corrected chi connectivity index (χ3v) is 9.40. The molecule has 0 bridgehead atoms. The van der Waals surface area contributed by atoms with Crippen LogP contribution in [0.5, 0.6) is 0 Å². The molecule has 1 fully saturated rings. The van der Waals surface area contributed by atoms with Gasteiger partial charge in [-0.15, -0.1) is 4.99 Å². The smallest absolute Gasteiger partial charge is 0.434 e. The lowest BCUT2D eigenvalue weighted by atomic mass is 9.74. The summed E-state index contributed by atoms with van der Waals surface area (Å²) < 4.78 is 2.33. The Morgan fingerprint density at radius 1 is 1.02 bits per heavy atom. The molecule has 248 valence electrons. The highest BCUT2D eigenvalue weighted by Gasteiger charge is 2.45. The van der Waals surface area contributed by atoms with Crippen LogP contribution in [0.3, 0.4) is 0 Å². The molecular weight excluding hydrogens is 582 g/mol. The predicted octanol–water partition coefficient (Wildman–Crippen LogP) is 6.88. The third-order valence-electron chi connectivity index (χ3n) is 9.40. The van der Waals surface area contributed by atoms with Gasteiger partial charge < -0.3 is 19.7 Å². The molecule has 11 nitrogen and oxygen atoms in total. The van der Waals surface area contributed by atoms with Gasteiger partial charge in [0.2, 0.25) is 5.96 Å². The highest BCUT2D eigenvalue weighted by molar-refractivity contribution is 5.99. The lowest BCUT2D eigenvalue weighted by Gasteiger charge is -2.51. The first-order valence-corrected chi connectivity index (χ1v) is 16.4. The Morgan fingerprint density at radius 2 is 1.76 bits per heavy atom. The molecule has 3 heterocycles. The number of carboxylic acid groups (broad SMARTS) is 2. The van der Waals surface area contributed by atoms with E-state index in [2.05, 4.69) is 54.4 Å². The number of piperidine rings is 1. The van der Waals surface area contributed by atoms with Crippen LogP contribution in [0.25, 0.3) is 11.0 Å². The highest BCUT2D eigenvalue weighted by Crippen LogP contribution is 2.40. The van der Waals surface area contributed by atoms with E-state index in [1.54, 1.807) is 20.8 Å². The lowest BCUT2D eigenvalue weighted by molar-refractivity contribution is 0.0421. The highest BCUT2D eigenvalue weighted by atomic mass is 16.4. The molecule has 11 heteroatoms. The summed E-state index contributed by atoms with van der Waals surface area (Å²) in [6.45, 7) is 13.5. The number of hydrogen-bond donors (Lipinski definition) is 2. The summed E-state index contributed by atoms with van der Waals surface area (Å²) in [6, 6.07) is 12.4. The topological polar surface area (TPSA) is 127 Å². The molecule has 3 aromatic rings. The molecule has 1 unspecified atom stereocenters. The SMILES string of the molecule is CN(Cc1nc2ccccc2n1C[C@@H]1CCCN(C(=NC(=O)O)N(C(=O)O)C(C)(C)C)C1C(C)(C)C)[C@H]1CCCc2cccnc21. The van der Waals surface area contributed by atoms with Crippen molar-refractivity contribution in [3.8, 4) is 0 Å². The first-order valence-electron chi connectivity index (χ1n) is 16.4. The number of likely N-dealkylation sites (tertiary alicyclic amines) is 1. The van der Waals surface area contributed by atoms with E-state index in [-0.39, 0.29) is 29.4 Å². The molecule has 2 N–H and O–H groups in total. The second-order valence-corrected chi connectivity index (χ2v) is 14.9. The van der Waals surface area contributed by atoms with Crippen LogP contribution >= 0.6 is 0 Å². The number of aliphatic imine (C=N–C) groups is 1. The number of nitrogens with zero attached hydrogens (tertiary/aromatic N) is 7. The van der Waals surface area contributed by atoms with Gasteiger partial charge in [-0.3, -0.25) is 9.88 Å². The standard InChI is InChI=1S/C35H49N7O4/c1-34(2,3)30-24(15-12-20-40(30)31(38-32(43)44)42(33(45)46)35(4,5)6)21-41-26-17-9-8-16-25(26)37-28(41)22-39(7)27-18-10-13-23-14-11-19-36-29(23)27/h8-9,11,14,16-17,19,24,27,30H,10,12-13,15,18,20-22H2,1-7H3,(H,43,44)(H,45,46)/t24-,27-,30?/m0/s1. The molecule has 2 amide bonds. The van der Waals surface area contributed by atoms with Crippen molar-refractivity contribution >= 4 is 29.2 Å². The number of fused-ring (bicyclic) bond motifs is 2. The van der Waals surface area contributed by atoms with Crippen molar-refractivity contribution in [2.24, 2.45) is 16.3 Å². The summed E-state index contributed by atoms with van der Waals surface area (Å²) in [5.41, 5.74) is 3.24. The summed E-state index contributed by atoms with van der Waals surface area (Å²) in [5.74, 6) is 1.01. The Bertz CT molecular complexity index is 1600. The number of guanidine groups is 1. The minimum absolute atomic E-state index is 0.0314. The zero-order chi connectivity index (χ0) is 33.4. The minimum Gasteiger partial charge on any atom is -0.465 e. The molecule has 0 saturated carbocycles. The van der Waals surface area contributed by atoms with Crippen molar-refractivity contribution in [1.29, 1.82) is 0 Å². The van der Waals surface area contributed by atoms with Crippen molar-refractivity contribution in [2.45, 2.75) is 104 Å². The molecule has 5 rings (SSSR count). The maximum atomic E-state index is 12.6. The van der Waals surface area contributed by atoms with Crippen LogP contribution in [0.2, 0.25) is 0 Å². The fourth-order valence-corrected chi connectivity index (χ4v) is 7.70. The van der Waals surface area contributed by atoms with E-state index in [0.717, 1.165) is 59.6 Å². The number of imidazole rings is 1. The second kappa shape index (κ2) is 13.0. The van der Waals surface area contributed by atoms with Gasteiger partial charge in [-0.05, 0) is 95.0 Å². The van der Waals surface area contributed by atoms with Crippen LogP contribution in [0.15, 0.2) is 47.6 Å². The number of rotatable bonds is 5. The van der Waals surface area contributed by atoms with E-state index in [9.17, 15) is 19.8 Å². The zero-order valence-corrected chi connectivity index (χ0v) is 28.3. The maximum absolute atomic E-state index is 12.6. The monoisotopic (exact) mass is 631 g/mol. The fourth-order valence-electron chi connectivity index (χ4n) is 7.70. The van der Waals surface area contributed by atoms with Crippen molar-refractivity contribution in [2.75, 3.05) is 13.6 Å². The first-order chi connectivity index (χ1) is 21.7. The molecule has 0 spiro atoms. The van der Waals surface area contributed by atoms with E-state index in [1.807, 2.05) is 35.4 Å². The minimum atomic E-state index is -1.41. The Labute approximate surface area is 271 Å². The molecule has 0 radical (unpaired) electrons. The first kappa shape index (κ1) is 33.4. The van der Waals surface area contributed by atoms with E-state index in [0.29, 0.717) is 19.6 Å². The van der Waals surface area contributed by atoms with Crippen LogP contribution in [0, 0.1) is 11.3 Å². The van der Waals surface area contributed by atoms with Gasteiger partial charge in [0, 0.05) is 30.9 Å². The van der Waals surface area contributed by atoms with Crippen molar-refractivity contribution < 1.29 is 19.8 Å². The van der Waals surface area contributed by atoms with E-state index < -0.39 is 17.7 Å². The van der Waals surface area contributed by atoms with E-state index in [1.165, 1.54) is 5.56 Å². The summed E-state index contributed by atoms with van der Waals surface area (Å²) >= 11 is 0. The van der Waals surface area contributed by atoms with E-state index in [4.69, 9.17) is 9.97 Å². The number of para-hydroxylation sites is 2. The quantitative estimate of drug-likeness (QED) is 0.230. The molecule has 1 aliphatic heterocycles. The largest absolute Gasteiger partial charge is 0.465 e. The normalized spacial score (nSPS) is 21.0. The average Bonchev–Trinajstić information content (AvgIpc) is 3.31. The third kappa shape index (κ3) is 6.89. The number of aryl methyl sites for hydroxylation is 1. The zero-order valence-electron chi connectivity index (χ0n) is 28.3. The molecule has 46 heavy (non-hydrogen) atoms. The van der Waals surface area contributed by atoms with Gasteiger partial charge in [-0.25, -0.2) is 19.5 Å². The van der Waals surface area contributed by atoms with Gasteiger partial charge in [-0.2, -0.15) is 0 Å². The van der Waals surface area contributed by atoms with Gasteiger partial charge in [0.05, 0.1) is 29.3 Å². The number of hydrogen-bond acceptors (Lipinski definition) is 5. The van der Waals surface area contributed by atoms with Crippen LogP contribution < -0.4 is 0 Å². The summed E-state index contributed by atoms with van der Waals surface area (Å²) in [5, 5.41) is 20.1. The van der Waals surface area contributed by atoms with Crippen molar-refractivity contribution in [3.05, 3.63) is 59.7 Å². The number of benzene rings is 1. The summed E-state index contributed by atoms with van der Waals surface area (Å²) in [7, 11) is 2.15. The number of amides is 2. The molecule has 1 aliphatic carbocycles. The Balaban J connectivity index is 1.53. The molecule has 3 atom stereocenters. The molecular formula is C35H49N7O4. The van der Waals surface area contributed by atoms with Crippen LogP contribution in [0.1, 0.15) is 90.3 Å². The number of aromatic nitrogens is 3. The molecule has 1 saturated heterocycles. The number of pyridine rings is 1. The van der Waals surface area contributed by atoms with Crippen LogP contribution in [-0.2, 0) is 19.5 Å². The average molecular weight is 632 g/mol. The Hall–Kier alpha value is -3.99. The van der Waals surface area contributed by atoms with E-state index >= 15 is 0 Å². The molecule has 2 aromatic heterocycles. The van der Waals surface area contributed by atoms with Crippen LogP contribution in [0.4, 0.5) is 9.59 Å². The lowest BCUT2D eigenvalue weighted by Crippen LogP contribution is -2.63. The molecule has 2 aliphatic rings. The summed E-state index contributed by atoms with van der Waals surface area (Å²) in [4.78, 5) is 43.9. The maximum Gasteiger partial charge on any atom is 0.434 e. The van der Waals surface area contributed by atoms with Gasteiger partial charge in [0.25, 0.3) is 0 Å². The second-order valence-electron chi connectivity index (χ2n) is 14.9. The fraction of sp³-hybridized carbons (Fsp3) is 0.571. The van der Waals surface area contributed by atoms with Crippen molar-refractivity contribution in [1.82, 2.24) is 29.2 Å². The van der Waals surface area contributed by atoms with Gasteiger partial charge in [-0.1, -0.05) is 39.0 Å². The van der Waals surface area contributed by atoms with Crippen molar-refractivity contribution in [3.63, 3.8) is 0 Å².